The Morgan fingerprint density at radius 1 is 1.25 bits per heavy atom. The number of nitrogens with two attached hydrogens (primary N) is 1. The minimum absolute atomic E-state index is 0.319. The number of thiophene rings is 1. The molecule has 2 aromatic rings. The number of hydrogen-bond acceptors (Lipinski definition) is 4. The Bertz CT molecular complexity index is 614. The zero-order chi connectivity index (χ0) is 14.9. The van der Waals surface area contributed by atoms with E-state index >= 15 is 0 Å². The summed E-state index contributed by atoms with van der Waals surface area (Å²) in [6.45, 7) is 0. The van der Waals surface area contributed by atoms with E-state index in [1.54, 1.807) is 31.6 Å². The molecular formula is C13H12Br2ClNO2S. The number of ether oxygens (including phenoxy) is 2. The lowest BCUT2D eigenvalue weighted by atomic mass is 10.0. The maximum atomic E-state index is 6.32. The highest BCUT2D eigenvalue weighted by Crippen LogP contribution is 2.43. The van der Waals surface area contributed by atoms with Gasteiger partial charge in [-0.05, 0) is 50.1 Å². The standard InChI is InChI=1S/C13H12Br2ClNO2S/c1-18-8-4-3-6(12(19-2)10(8)16)11(17)9-5-7(14)13(15)20-9/h3-5,11H,17H2,1-2H3. The molecule has 108 valence electrons. The van der Waals surface area contributed by atoms with Gasteiger partial charge in [-0.25, -0.2) is 0 Å². The first kappa shape index (κ1) is 16.1. The summed E-state index contributed by atoms with van der Waals surface area (Å²) in [5, 5.41) is 0.428. The van der Waals surface area contributed by atoms with E-state index in [4.69, 9.17) is 26.8 Å². The van der Waals surface area contributed by atoms with Gasteiger partial charge in [0.1, 0.15) is 16.5 Å². The maximum Gasteiger partial charge on any atom is 0.146 e. The van der Waals surface area contributed by atoms with Crippen LogP contribution in [0.5, 0.6) is 11.5 Å². The van der Waals surface area contributed by atoms with Gasteiger partial charge in [0.05, 0.1) is 24.0 Å². The molecule has 1 unspecified atom stereocenters. The van der Waals surface area contributed by atoms with Gasteiger partial charge >= 0.3 is 0 Å². The minimum Gasteiger partial charge on any atom is -0.495 e. The molecule has 0 amide bonds. The van der Waals surface area contributed by atoms with E-state index in [0.29, 0.717) is 16.5 Å². The largest absolute Gasteiger partial charge is 0.495 e. The second-order valence-corrected chi connectivity index (χ2v) is 7.59. The highest BCUT2D eigenvalue weighted by atomic mass is 79.9. The summed E-state index contributed by atoms with van der Waals surface area (Å²) >= 11 is 14.8. The van der Waals surface area contributed by atoms with E-state index in [9.17, 15) is 0 Å². The summed E-state index contributed by atoms with van der Waals surface area (Å²) in [7, 11) is 3.13. The van der Waals surface area contributed by atoms with Gasteiger partial charge in [0.2, 0.25) is 0 Å². The first-order chi connectivity index (χ1) is 9.49. The average Bonchev–Trinajstić information content (AvgIpc) is 2.77. The van der Waals surface area contributed by atoms with E-state index in [-0.39, 0.29) is 6.04 Å². The molecule has 20 heavy (non-hydrogen) atoms. The molecule has 0 saturated heterocycles. The topological polar surface area (TPSA) is 44.5 Å². The normalized spacial score (nSPS) is 12.3. The Balaban J connectivity index is 2.49. The second kappa shape index (κ2) is 6.66. The third-order valence-corrected chi connectivity index (χ3v) is 6.52. The van der Waals surface area contributed by atoms with Crippen molar-refractivity contribution >= 4 is 54.8 Å². The summed E-state index contributed by atoms with van der Waals surface area (Å²) in [5.74, 6) is 1.10. The van der Waals surface area contributed by atoms with Gasteiger partial charge in [-0.3, -0.25) is 0 Å². The van der Waals surface area contributed by atoms with Gasteiger partial charge in [0.15, 0.2) is 0 Å². The molecule has 0 fully saturated rings. The number of hydrogen-bond donors (Lipinski definition) is 1. The first-order valence-corrected chi connectivity index (χ1v) is 8.38. The predicted molar refractivity (Wildman–Crippen MR) is 90.3 cm³/mol. The number of rotatable bonds is 4. The lowest BCUT2D eigenvalue weighted by Gasteiger charge is -2.17. The van der Waals surface area contributed by atoms with Crippen molar-refractivity contribution in [2.45, 2.75) is 6.04 Å². The summed E-state index contributed by atoms with van der Waals surface area (Å²) in [6, 6.07) is 5.32. The molecule has 2 N–H and O–H groups in total. The molecule has 0 spiro atoms. The molecule has 1 aromatic carbocycles. The third-order valence-electron chi connectivity index (χ3n) is 2.82. The van der Waals surface area contributed by atoms with Crippen LogP contribution in [0.4, 0.5) is 0 Å². The molecule has 7 heteroatoms. The van der Waals surface area contributed by atoms with Gasteiger partial charge in [0, 0.05) is 14.9 Å². The summed E-state index contributed by atoms with van der Waals surface area (Å²) in [5.41, 5.74) is 7.14. The van der Waals surface area contributed by atoms with Gasteiger partial charge in [0.25, 0.3) is 0 Å². The number of methoxy groups -OCH3 is 2. The predicted octanol–water partition coefficient (Wildman–Crippen LogP) is 4.99. The van der Waals surface area contributed by atoms with Crippen LogP contribution in [0, 0.1) is 0 Å². The molecule has 0 aliphatic heterocycles. The van der Waals surface area contributed by atoms with Crippen molar-refractivity contribution in [1.29, 1.82) is 0 Å². The zero-order valence-corrected chi connectivity index (χ0v) is 15.5. The molecule has 1 aromatic heterocycles. The molecule has 0 radical (unpaired) electrons. The lowest BCUT2D eigenvalue weighted by molar-refractivity contribution is 0.390. The minimum atomic E-state index is -0.319. The molecule has 0 aliphatic carbocycles. The maximum absolute atomic E-state index is 6.32. The van der Waals surface area contributed by atoms with Crippen LogP contribution in [0.15, 0.2) is 26.5 Å². The van der Waals surface area contributed by atoms with Crippen molar-refractivity contribution < 1.29 is 9.47 Å². The van der Waals surface area contributed by atoms with E-state index < -0.39 is 0 Å². The van der Waals surface area contributed by atoms with E-state index in [1.807, 2.05) is 12.1 Å². The van der Waals surface area contributed by atoms with Gasteiger partial charge in [-0.15, -0.1) is 11.3 Å². The number of benzene rings is 1. The van der Waals surface area contributed by atoms with Crippen molar-refractivity contribution in [3.05, 3.63) is 41.9 Å². The van der Waals surface area contributed by atoms with Crippen LogP contribution < -0.4 is 15.2 Å². The highest BCUT2D eigenvalue weighted by Gasteiger charge is 2.21. The molecule has 0 aliphatic rings. The quantitative estimate of drug-likeness (QED) is 0.727. The molecular weight excluding hydrogens is 429 g/mol. The molecule has 1 heterocycles. The third kappa shape index (κ3) is 2.99. The molecule has 3 nitrogen and oxygen atoms in total. The van der Waals surface area contributed by atoms with Crippen LogP contribution in [0.25, 0.3) is 0 Å². The SMILES string of the molecule is COc1ccc(C(N)c2cc(Br)c(Br)s2)c(OC)c1Cl. The monoisotopic (exact) mass is 439 g/mol. The molecule has 0 saturated carbocycles. The Morgan fingerprint density at radius 2 is 1.95 bits per heavy atom. The zero-order valence-electron chi connectivity index (χ0n) is 10.7. The van der Waals surface area contributed by atoms with E-state index in [1.165, 1.54) is 0 Å². The Kier molecular flexibility index (Phi) is 5.36. The lowest BCUT2D eigenvalue weighted by Crippen LogP contribution is -2.12. The average molecular weight is 442 g/mol. The van der Waals surface area contributed by atoms with Crippen molar-refractivity contribution in [2.24, 2.45) is 5.73 Å². The van der Waals surface area contributed by atoms with Crippen molar-refractivity contribution in [1.82, 2.24) is 0 Å². The van der Waals surface area contributed by atoms with Gasteiger partial charge < -0.3 is 15.2 Å². The molecule has 0 bridgehead atoms. The van der Waals surface area contributed by atoms with Crippen LogP contribution in [0.3, 0.4) is 0 Å². The van der Waals surface area contributed by atoms with Crippen LogP contribution >= 0.6 is 54.8 Å². The number of halogens is 3. The van der Waals surface area contributed by atoms with Gasteiger partial charge in [-0.2, -0.15) is 0 Å². The second-order valence-electron chi connectivity index (χ2n) is 3.95. The van der Waals surface area contributed by atoms with Crippen LogP contribution in [0.1, 0.15) is 16.5 Å². The summed E-state index contributed by atoms with van der Waals surface area (Å²) in [4.78, 5) is 1.00. The van der Waals surface area contributed by atoms with Crippen molar-refractivity contribution in [2.75, 3.05) is 14.2 Å². The smallest absolute Gasteiger partial charge is 0.146 e. The van der Waals surface area contributed by atoms with Crippen LogP contribution in [-0.4, -0.2) is 14.2 Å². The molecule has 1 atom stereocenters. The first-order valence-electron chi connectivity index (χ1n) is 5.60. The Morgan fingerprint density at radius 3 is 2.45 bits per heavy atom. The summed E-state index contributed by atoms with van der Waals surface area (Å²) in [6.07, 6.45) is 0. The fourth-order valence-corrected chi connectivity index (χ4v) is 4.27. The van der Waals surface area contributed by atoms with E-state index in [2.05, 4.69) is 31.9 Å². The van der Waals surface area contributed by atoms with Crippen LogP contribution in [-0.2, 0) is 0 Å². The Hall–Kier alpha value is -0.270. The summed E-state index contributed by atoms with van der Waals surface area (Å²) < 4.78 is 12.6. The van der Waals surface area contributed by atoms with Crippen LogP contribution in [0.2, 0.25) is 5.02 Å². The molecule has 2 rings (SSSR count). The van der Waals surface area contributed by atoms with Crippen molar-refractivity contribution in [3.8, 4) is 11.5 Å². The van der Waals surface area contributed by atoms with Gasteiger partial charge in [-0.1, -0.05) is 11.6 Å². The fraction of sp³-hybridized carbons (Fsp3) is 0.231. The highest BCUT2D eigenvalue weighted by molar-refractivity contribution is 9.13. The van der Waals surface area contributed by atoms with E-state index in [0.717, 1.165) is 18.7 Å². The Labute approximate surface area is 143 Å². The fourth-order valence-electron chi connectivity index (χ4n) is 1.83. The van der Waals surface area contributed by atoms with Crippen molar-refractivity contribution in [3.63, 3.8) is 0 Å².